The van der Waals surface area contributed by atoms with E-state index in [4.69, 9.17) is 0 Å². The van der Waals surface area contributed by atoms with Crippen molar-refractivity contribution in [3.05, 3.63) is 83.7 Å². The summed E-state index contributed by atoms with van der Waals surface area (Å²) in [6, 6.07) is 20.8. The molecule has 0 spiro atoms. The lowest BCUT2D eigenvalue weighted by atomic mass is 10.0. The molecule has 24 heavy (non-hydrogen) atoms. The van der Waals surface area contributed by atoms with E-state index in [1.54, 1.807) is 0 Å². The molecule has 0 radical (unpaired) electrons. The Morgan fingerprint density at radius 2 is 1.71 bits per heavy atom. The zero-order valence-electron chi connectivity index (χ0n) is 12.7. The molecule has 0 fully saturated rings. The summed E-state index contributed by atoms with van der Waals surface area (Å²) in [6.45, 7) is 0. The summed E-state index contributed by atoms with van der Waals surface area (Å²) >= 11 is 0. The van der Waals surface area contributed by atoms with E-state index in [-0.39, 0.29) is 11.4 Å². The number of anilines is 1. The predicted molar refractivity (Wildman–Crippen MR) is 92.6 cm³/mol. The highest BCUT2D eigenvalue weighted by molar-refractivity contribution is 6.09. The summed E-state index contributed by atoms with van der Waals surface area (Å²) in [5, 5.41) is 14.0. The number of carbonyl (C=O) groups is 1. The Hall–Kier alpha value is -3.45. The van der Waals surface area contributed by atoms with Gasteiger partial charge in [0.25, 0.3) is 5.91 Å². The SMILES string of the molecule is N#C/C(=C\c1ccc2ccccc2c1)C(=O)Nc1ccc(F)cc1. The minimum absolute atomic E-state index is 0.0189. The molecule has 3 aromatic carbocycles. The van der Waals surface area contributed by atoms with Crippen molar-refractivity contribution >= 4 is 28.4 Å². The van der Waals surface area contributed by atoms with E-state index in [0.29, 0.717) is 5.69 Å². The summed E-state index contributed by atoms with van der Waals surface area (Å²) in [6.07, 6.45) is 1.53. The third-order valence-corrected chi connectivity index (χ3v) is 3.55. The zero-order chi connectivity index (χ0) is 16.9. The van der Waals surface area contributed by atoms with Gasteiger partial charge in [0.1, 0.15) is 17.5 Å². The van der Waals surface area contributed by atoms with Crippen LogP contribution >= 0.6 is 0 Å². The fourth-order valence-corrected chi connectivity index (χ4v) is 2.34. The predicted octanol–water partition coefficient (Wildman–Crippen LogP) is 4.52. The highest BCUT2D eigenvalue weighted by Crippen LogP contribution is 2.18. The van der Waals surface area contributed by atoms with Crippen molar-refractivity contribution in [1.29, 1.82) is 5.26 Å². The Kier molecular flexibility index (Phi) is 4.35. The van der Waals surface area contributed by atoms with Gasteiger partial charge in [-0.2, -0.15) is 5.26 Å². The Balaban J connectivity index is 1.86. The molecule has 1 N–H and O–H groups in total. The molecule has 116 valence electrons. The van der Waals surface area contributed by atoms with Crippen molar-refractivity contribution in [2.24, 2.45) is 0 Å². The smallest absolute Gasteiger partial charge is 0.266 e. The second-order valence-electron chi connectivity index (χ2n) is 5.24. The number of halogens is 1. The van der Waals surface area contributed by atoms with Crippen molar-refractivity contribution in [2.45, 2.75) is 0 Å². The lowest BCUT2D eigenvalue weighted by Crippen LogP contribution is -2.13. The highest BCUT2D eigenvalue weighted by Gasteiger charge is 2.09. The van der Waals surface area contributed by atoms with Crippen LogP contribution in [0, 0.1) is 17.1 Å². The monoisotopic (exact) mass is 316 g/mol. The van der Waals surface area contributed by atoms with E-state index >= 15 is 0 Å². The molecular formula is C20H13FN2O. The third kappa shape index (κ3) is 3.47. The van der Waals surface area contributed by atoms with Gasteiger partial charge >= 0.3 is 0 Å². The fraction of sp³-hybridized carbons (Fsp3) is 0. The molecule has 0 heterocycles. The van der Waals surface area contributed by atoms with Crippen LogP contribution in [-0.4, -0.2) is 5.91 Å². The van der Waals surface area contributed by atoms with E-state index in [0.717, 1.165) is 16.3 Å². The number of carbonyl (C=O) groups excluding carboxylic acids is 1. The van der Waals surface area contributed by atoms with Crippen molar-refractivity contribution in [1.82, 2.24) is 0 Å². The second-order valence-corrected chi connectivity index (χ2v) is 5.24. The van der Waals surface area contributed by atoms with Crippen LogP contribution in [-0.2, 0) is 4.79 Å². The van der Waals surface area contributed by atoms with Gasteiger partial charge in [-0.3, -0.25) is 4.79 Å². The Bertz CT molecular complexity index is 969. The number of hydrogen-bond donors (Lipinski definition) is 1. The summed E-state index contributed by atoms with van der Waals surface area (Å²) in [7, 11) is 0. The van der Waals surface area contributed by atoms with E-state index < -0.39 is 5.91 Å². The van der Waals surface area contributed by atoms with Crippen LogP contribution < -0.4 is 5.32 Å². The van der Waals surface area contributed by atoms with Gasteiger partial charge in [-0.25, -0.2) is 4.39 Å². The van der Waals surface area contributed by atoms with Crippen LogP contribution in [0.3, 0.4) is 0 Å². The molecule has 0 aromatic heterocycles. The number of benzene rings is 3. The summed E-state index contributed by atoms with van der Waals surface area (Å²) < 4.78 is 12.9. The van der Waals surface area contributed by atoms with Crippen molar-refractivity contribution in [3.8, 4) is 6.07 Å². The Labute approximate surface area is 138 Å². The molecule has 0 saturated carbocycles. The number of amides is 1. The van der Waals surface area contributed by atoms with Gasteiger partial charge in [-0.05, 0) is 52.7 Å². The maximum atomic E-state index is 12.9. The number of rotatable bonds is 3. The number of fused-ring (bicyclic) bond motifs is 1. The Morgan fingerprint density at radius 1 is 1.00 bits per heavy atom. The van der Waals surface area contributed by atoms with Crippen LogP contribution in [0.25, 0.3) is 16.8 Å². The zero-order valence-corrected chi connectivity index (χ0v) is 12.7. The van der Waals surface area contributed by atoms with Gasteiger partial charge < -0.3 is 5.32 Å². The third-order valence-electron chi connectivity index (χ3n) is 3.55. The van der Waals surface area contributed by atoms with Crippen LogP contribution in [0.2, 0.25) is 0 Å². The number of nitrogens with one attached hydrogen (secondary N) is 1. The molecule has 0 aliphatic rings. The van der Waals surface area contributed by atoms with Gasteiger partial charge in [0.05, 0.1) is 0 Å². The minimum atomic E-state index is -0.530. The van der Waals surface area contributed by atoms with Crippen molar-refractivity contribution in [3.63, 3.8) is 0 Å². The lowest BCUT2D eigenvalue weighted by Gasteiger charge is -2.04. The molecule has 4 heteroatoms. The molecule has 0 aliphatic carbocycles. The van der Waals surface area contributed by atoms with Gasteiger partial charge in [0, 0.05) is 5.69 Å². The van der Waals surface area contributed by atoms with Crippen molar-refractivity contribution < 1.29 is 9.18 Å². The van der Waals surface area contributed by atoms with Gasteiger partial charge in [0.15, 0.2) is 0 Å². The minimum Gasteiger partial charge on any atom is -0.321 e. The standard InChI is InChI=1S/C20H13FN2O/c21-18-7-9-19(10-8-18)23-20(24)17(13-22)12-14-5-6-15-3-1-2-4-16(15)11-14/h1-12H,(H,23,24)/b17-12+. The molecule has 3 nitrogen and oxygen atoms in total. The van der Waals surface area contributed by atoms with E-state index in [1.807, 2.05) is 48.5 Å². The van der Waals surface area contributed by atoms with Crippen molar-refractivity contribution in [2.75, 3.05) is 5.32 Å². The van der Waals surface area contributed by atoms with E-state index in [9.17, 15) is 14.4 Å². The first kappa shape index (κ1) is 15.4. The molecule has 3 rings (SSSR count). The molecule has 0 saturated heterocycles. The van der Waals surface area contributed by atoms with E-state index in [1.165, 1.54) is 30.3 Å². The molecule has 3 aromatic rings. The highest BCUT2D eigenvalue weighted by atomic mass is 19.1. The van der Waals surface area contributed by atoms with Gasteiger partial charge in [0.2, 0.25) is 0 Å². The first-order chi connectivity index (χ1) is 11.7. The second kappa shape index (κ2) is 6.76. The fourth-order valence-electron chi connectivity index (χ4n) is 2.34. The summed E-state index contributed by atoms with van der Waals surface area (Å²) in [4.78, 5) is 12.2. The average Bonchev–Trinajstić information content (AvgIpc) is 2.61. The average molecular weight is 316 g/mol. The number of nitrogens with zero attached hydrogens (tertiary/aromatic N) is 1. The molecular weight excluding hydrogens is 303 g/mol. The first-order valence-corrected chi connectivity index (χ1v) is 7.33. The molecule has 0 atom stereocenters. The summed E-state index contributed by atoms with van der Waals surface area (Å²) in [5.41, 5.74) is 1.18. The van der Waals surface area contributed by atoms with Gasteiger partial charge in [-0.15, -0.1) is 0 Å². The van der Waals surface area contributed by atoms with Crippen LogP contribution in [0.1, 0.15) is 5.56 Å². The number of hydrogen-bond acceptors (Lipinski definition) is 2. The number of nitriles is 1. The molecule has 1 amide bonds. The normalized spacial score (nSPS) is 11.1. The maximum absolute atomic E-state index is 12.9. The topological polar surface area (TPSA) is 52.9 Å². The van der Waals surface area contributed by atoms with Crippen LogP contribution in [0.15, 0.2) is 72.3 Å². The molecule has 0 unspecified atom stereocenters. The Morgan fingerprint density at radius 3 is 2.42 bits per heavy atom. The quantitative estimate of drug-likeness (QED) is 0.570. The van der Waals surface area contributed by atoms with Gasteiger partial charge in [-0.1, -0.05) is 36.4 Å². The van der Waals surface area contributed by atoms with E-state index in [2.05, 4.69) is 5.32 Å². The molecule has 0 bridgehead atoms. The molecule has 0 aliphatic heterocycles. The van der Waals surface area contributed by atoms with Crippen LogP contribution in [0.5, 0.6) is 0 Å². The largest absolute Gasteiger partial charge is 0.321 e. The maximum Gasteiger partial charge on any atom is 0.266 e. The summed E-state index contributed by atoms with van der Waals surface area (Å²) in [5.74, 6) is -0.919. The first-order valence-electron chi connectivity index (χ1n) is 7.33. The van der Waals surface area contributed by atoms with Crippen LogP contribution in [0.4, 0.5) is 10.1 Å². The lowest BCUT2D eigenvalue weighted by molar-refractivity contribution is -0.112.